The third kappa shape index (κ3) is 4.07. The highest BCUT2D eigenvalue weighted by Gasteiger charge is 2.28. The minimum atomic E-state index is -0.241. The van der Waals surface area contributed by atoms with E-state index in [2.05, 4.69) is 12.2 Å². The van der Waals surface area contributed by atoms with Crippen LogP contribution in [-0.2, 0) is 4.79 Å². The highest BCUT2D eigenvalue weighted by Crippen LogP contribution is 2.34. The highest BCUT2D eigenvalue weighted by atomic mass is 16.1. The van der Waals surface area contributed by atoms with Crippen molar-refractivity contribution in [1.82, 2.24) is 5.32 Å². The first-order valence-electron chi connectivity index (χ1n) is 7.72. The molecule has 20 heavy (non-hydrogen) atoms. The molecule has 0 saturated heterocycles. The van der Waals surface area contributed by atoms with E-state index in [9.17, 15) is 4.79 Å². The van der Waals surface area contributed by atoms with Crippen molar-refractivity contribution in [3.05, 3.63) is 35.9 Å². The van der Waals surface area contributed by atoms with Crippen molar-refractivity contribution in [3.8, 4) is 0 Å². The van der Waals surface area contributed by atoms with Crippen LogP contribution in [0.3, 0.4) is 0 Å². The Morgan fingerprint density at radius 1 is 1.35 bits per heavy atom. The molecule has 1 fully saturated rings. The Balaban J connectivity index is 1.90. The van der Waals surface area contributed by atoms with E-state index in [0.29, 0.717) is 6.04 Å². The average molecular weight is 274 g/mol. The van der Waals surface area contributed by atoms with Crippen molar-refractivity contribution in [2.24, 2.45) is 17.6 Å². The van der Waals surface area contributed by atoms with Gasteiger partial charge in [0.05, 0.1) is 5.92 Å². The van der Waals surface area contributed by atoms with E-state index in [1.54, 1.807) is 0 Å². The van der Waals surface area contributed by atoms with Crippen molar-refractivity contribution < 1.29 is 4.79 Å². The monoisotopic (exact) mass is 274 g/mol. The fourth-order valence-corrected chi connectivity index (χ4v) is 2.54. The zero-order chi connectivity index (χ0) is 14.5. The molecule has 3 unspecified atom stereocenters. The molecule has 1 aromatic rings. The average Bonchev–Trinajstić information content (AvgIpc) is 3.29. The first-order chi connectivity index (χ1) is 9.61. The molecule has 0 radical (unpaired) electrons. The lowest BCUT2D eigenvalue weighted by Gasteiger charge is -2.23. The van der Waals surface area contributed by atoms with Crippen LogP contribution in [0.5, 0.6) is 0 Å². The second kappa shape index (κ2) is 6.89. The maximum atomic E-state index is 12.3. The standard InChI is InChI=1S/C17H26N2O/c1-3-15(11-13-9-10-13)19-17(20)12(2)16(18)14-7-5-4-6-8-14/h4-8,12-13,15-16H,3,9-11,18H2,1-2H3,(H,19,20). The third-order valence-corrected chi connectivity index (χ3v) is 4.29. The van der Waals surface area contributed by atoms with E-state index in [-0.39, 0.29) is 17.9 Å². The summed E-state index contributed by atoms with van der Waals surface area (Å²) in [6.07, 6.45) is 4.77. The van der Waals surface area contributed by atoms with Crippen molar-refractivity contribution >= 4 is 5.91 Å². The summed E-state index contributed by atoms with van der Waals surface area (Å²) < 4.78 is 0. The van der Waals surface area contributed by atoms with E-state index in [1.807, 2.05) is 37.3 Å². The summed E-state index contributed by atoms with van der Waals surface area (Å²) >= 11 is 0. The van der Waals surface area contributed by atoms with Crippen LogP contribution in [0.2, 0.25) is 0 Å². The molecular formula is C17H26N2O. The number of carbonyl (C=O) groups excluding carboxylic acids is 1. The van der Waals surface area contributed by atoms with Gasteiger partial charge in [-0.25, -0.2) is 0 Å². The maximum absolute atomic E-state index is 12.3. The van der Waals surface area contributed by atoms with Crippen LogP contribution in [0.15, 0.2) is 30.3 Å². The van der Waals surface area contributed by atoms with Crippen molar-refractivity contribution in [3.63, 3.8) is 0 Å². The van der Waals surface area contributed by atoms with Crippen LogP contribution in [-0.4, -0.2) is 11.9 Å². The fourth-order valence-electron chi connectivity index (χ4n) is 2.54. The van der Waals surface area contributed by atoms with Crippen molar-refractivity contribution in [2.75, 3.05) is 0 Å². The number of amides is 1. The van der Waals surface area contributed by atoms with Crippen LogP contribution in [0.25, 0.3) is 0 Å². The molecule has 2 rings (SSSR count). The Bertz CT molecular complexity index is 428. The molecule has 1 aromatic carbocycles. The SMILES string of the molecule is CCC(CC1CC1)NC(=O)C(C)C(N)c1ccccc1. The minimum Gasteiger partial charge on any atom is -0.353 e. The summed E-state index contributed by atoms with van der Waals surface area (Å²) in [5.74, 6) is 0.706. The summed E-state index contributed by atoms with van der Waals surface area (Å²) in [5, 5.41) is 3.17. The molecule has 3 nitrogen and oxygen atoms in total. The van der Waals surface area contributed by atoms with Gasteiger partial charge in [-0.2, -0.15) is 0 Å². The Morgan fingerprint density at radius 2 is 2.00 bits per heavy atom. The van der Waals surface area contributed by atoms with Crippen LogP contribution in [0.4, 0.5) is 0 Å². The number of nitrogens with two attached hydrogens (primary N) is 1. The zero-order valence-corrected chi connectivity index (χ0v) is 12.5. The summed E-state index contributed by atoms with van der Waals surface area (Å²) in [5.41, 5.74) is 7.23. The molecule has 110 valence electrons. The smallest absolute Gasteiger partial charge is 0.224 e. The van der Waals surface area contributed by atoms with Gasteiger partial charge in [0.25, 0.3) is 0 Å². The van der Waals surface area contributed by atoms with Gasteiger partial charge in [-0.15, -0.1) is 0 Å². The molecule has 3 N–H and O–H groups in total. The minimum absolute atomic E-state index is 0.0776. The van der Waals surface area contributed by atoms with Gasteiger partial charge in [0.2, 0.25) is 5.91 Å². The summed E-state index contributed by atoms with van der Waals surface area (Å²) in [6, 6.07) is 9.91. The van der Waals surface area contributed by atoms with Gasteiger partial charge in [-0.05, 0) is 24.3 Å². The number of benzene rings is 1. The number of hydrogen-bond acceptors (Lipinski definition) is 2. The Labute approximate surface area is 121 Å². The lowest BCUT2D eigenvalue weighted by atomic mass is 9.94. The van der Waals surface area contributed by atoms with E-state index in [1.165, 1.54) is 12.8 Å². The Morgan fingerprint density at radius 3 is 2.55 bits per heavy atom. The molecule has 0 bridgehead atoms. The third-order valence-electron chi connectivity index (χ3n) is 4.29. The molecule has 1 aliphatic carbocycles. The molecule has 0 aromatic heterocycles. The predicted octanol–water partition coefficient (Wildman–Crippen LogP) is 3.02. The van der Waals surface area contributed by atoms with Gasteiger partial charge in [-0.3, -0.25) is 4.79 Å². The van der Waals surface area contributed by atoms with Gasteiger partial charge in [-0.1, -0.05) is 57.0 Å². The second-order valence-electron chi connectivity index (χ2n) is 6.02. The van der Waals surface area contributed by atoms with E-state index in [4.69, 9.17) is 5.73 Å². The van der Waals surface area contributed by atoms with Crippen LogP contribution in [0.1, 0.15) is 51.1 Å². The number of carbonyl (C=O) groups is 1. The molecule has 3 heteroatoms. The van der Waals surface area contributed by atoms with E-state index >= 15 is 0 Å². The molecule has 1 saturated carbocycles. The second-order valence-corrected chi connectivity index (χ2v) is 6.02. The molecule has 0 spiro atoms. The maximum Gasteiger partial charge on any atom is 0.224 e. The van der Waals surface area contributed by atoms with Gasteiger partial charge >= 0.3 is 0 Å². The highest BCUT2D eigenvalue weighted by molar-refractivity contribution is 5.79. The number of nitrogens with one attached hydrogen (secondary N) is 1. The van der Waals surface area contributed by atoms with E-state index in [0.717, 1.165) is 24.3 Å². The van der Waals surface area contributed by atoms with Crippen LogP contribution >= 0.6 is 0 Å². The molecule has 1 amide bonds. The Hall–Kier alpha value is -1.35. The van der Waals surface area contributed by atoms with Crippen molar-refractivity contribution in [2.45, 2.75) is 51.6 Å². The quantitative estimate of drug-likeness (QED) is 0.803. The molecule has 0 aliphatic heterocycles. The molecule has 0 heterocycles. The predicted molar refractivity (Wildman–Crippen MR) is 82.1 cm³/mol. The van der Waals surface area contributed by atoms with Crippen LogP contribution < -0.4 is 11.1 Å². The fraction of sp³-hybridized carbons (Fsp3) is 0.588. The summed E-state index contributed by atoms with van der Waals surface area (Å²) in [7, 11) is 0. The zero-order valence-electron chi connectivity index (χ0n) is 12.5. The number of hydrogen-bond donors (Lipinski definition) is 2. The first kappa shape index (κ1) is 15.0. The lowest BCUT2D eigenvalue weighted by molar-refractivity contribution is -0.126. The van der Waals surface area contributed by atoms with Crippen molar-refractivity contribution in [1.29, 1.82) is 0 Å². The van der Waals surface area contributed by atoms with Gasteiger partial charge in [0.15, 0.2) is 0 Å². The molecule has 3 atom stereocenters. The lowest BCUT2D eigenvalue weighted by Crippen LogP contribution is -2.41. The van der Waals surface area contributed by atoms with Gasteiger partial charge < -0.3 is 11.1 Å². The van der Waals surface area contributed by atoms with E-state index < -0.39 is 0 Å². The first-order valence-corrected chi connectivity index (χ1v) is 7.72. The number of rotatable bonds is 7. The van der Waals surface area contributed by atoms with Gasteiger partial charge in [0, 0.05) is 12.1 Å². The van der Waals surface area contributed by atoms with Gasteiger partial charge in [0.1, 0.15) is 0 Å². The Kier molecular flexibility index (Phi) is 5.18. The molecule has 1 aliphatic rings. The normalized spacial score (nSPS) is 19.1. The summed E-state index contributed by atoms with van der Waals surface area (Å²) in [6.45, 7) is 4.05. The molecular weight excluding hydrogens is 248 g/mol. The largest absolute Gasteiger partial charge is 0.353 e. The summed E-state index contributed by atoms with van der Waals surface area (Å²) in [4.78, 5) is 12.3. The van der Waals surface area contributed by atoms with Crippen LogP contribution in [0, 0.1) is 11.8 Å². The topological polar surface area (TPSA) is 55.1 Å².